The van der Waals surface area contributed by atoms with Crippen molar-refractivity contribution in [1.29, 1.82) is 0 Å². The van der Waals surface area contributed by atoms with E-state index in [1.165, 1.54) is 5.56 Å². The molecular weight excluding hydrogens is 362 g/mol. The van der Waals surface area contributed by atoms with Gasteiger partial charge >= 0.3 is 0 Å². The maximum absolute atomic E-state index is 12.5. The van der Waals surface area contributed by atoms with Gasteiger partial charge in [0.15, 0.2) is 0 Å². The highest BCUT2D eigenvalue weighted by Crippen LogP contribution is 2.09. The first-order chi connectivity index (χ1) is 14.3. The average molecular weight is 387 g/mol. The van der Waals surface area contributed by atoms with Gasteiger partial charge in [0.2, 0.25) is 5.91 Å². The number of hydrogen-bond donors (Lipinski definition) is 0. The molecule has 4 rings (SSSR count). The SMILES string of the molecule is O=C(/C=C/c1cn(Cc2ccccc2)nn1)N1CCN(Cc2ccccc2)CC1. The Hall–Kier alpha value is -3.25. The Morgan fingerprint density at radius 3 is 2.14 bits per heavy atom. The number of nitrogens with zero attached hydrogens (tertiary/aromatic N) is 5. The van der Waals surface area contributed by atoms with Crippen LogP contribution in [-0.2, 0) is 17.9 Å². The number of carbonyl (C=O) groups excluding carboxylic acids is 1. The summed E-state index contributed by atoms with van der Waals surface area (Å²) in [4.78, 5) is 16.8. The van der Waals surface area contributed by atoms with Crippen molar-refractivity contribution in [3.8, 4) is 0 Å². The molecule has 0 saturated carbocycles. The average Bonchev–Trinajstić information content (AvgIpc) is 3.21. The Bertz CT molecular complexity index is 944. The van der Waals surface area contributed by atoms with Crippen LogP contribution in [-0.4, -0.2) is 56.9 Å². The molecule has 0 bridgehead atoms. The first kappa shape index (κ1) is 19.1. The largest absolute Gasteiger partial charge is 0.337 e. The lowest BCUT2D eigenvalue weighted by molar-refractivity contribution is -0.127. The van der Waals surface area contributed by atoms with Crippen LogP contribution in [0.15, 0.2) is 72.9 Å². The normalized spacial score (nSPS) is 15.1. The molecule has 2 aromatic carbocycles. The quantitative estimate of drug-likeness (QED) is 0.610. The summed E-state index contributed by atoms with van der Waals surface area (Å²) in [5.74, 6) is 0.0296. The minimum atomic E-state index is 0.0296. The summed E-state index contributed by atoms with van der Waals surface area (Å²) in [5, 5.41) is 8.27. The highest BCUT2D eigenvalue weighted by atomic mass is 16.2. The molecule has 0 N–H and O–H groups in total. The minimum absolute atomic E-state index is 0.0296. The van der Waals surface area contributed by atoms with Gasteiger partial charge in [0.1, 0.15) is 5.69 Å². The second kappa shape index (κ2) is 9.30. The lowest BCUT2D eigenvalue weighted by atomic mass is 10.2. The van der Waals surface area contributed by atoms with Crippen molar-refractivity contribution in [2.45, 2.75) is 13.1 Å². The molecule has 6 nitrogen and oxygen atoms in total. The van der Waals surface area contributed by atoms with Crippen LogP contribution in [0.4, 0.5) is 0 Å². The summed E-state index contributed by atoms with van der Waals surface area (Å²) in [5.41, 5.74) is 3.17. The molecule has 1 aliphatic rings. The third kappa shape index (κ3) is 5.39. The van der Waals surface area contributed by atoms with Gasteiger partial charge in [-0.3, -0.25) is 9.69 Å². The Morgan fingerprint density at radius 1 is 0.862 bits per heavy atom. The van der Waals surface area contributed by atoms with Crippen molar-refractivity contribution < 1.29 is 4.79 Å². The summed E-state index contributed by atoms with van der Waals surface area (Å²) in [6.45, 7) is 4.87. The van der Waals surface area contributed by atoms with Crippen LogP contribution < -0.4 is 0 Å². The Labute approximate surface area is 171 Å². The molecule has 1 amide bonds. The van der Waals surface area contributed by atoms with E-state index in [4.69, 9.17) is 0 Å². The van der Waals surface area contributed by atoms with Crippen molar-refractivity contribution in [2.24, 2.45) is 0 Å². The third-order valence-corrected chi connectivity index (χ3v) is 5.07. The van der Waals surface area contributed by atoms with Crippen molar-refractivity contribution >= 4 is 12.0 Å². The molecule has 0 radical (unpaired) electrons. The summed E-state index contributed by atoms with van der Waals surface area (Å²) in [6, 6.07) is 20.6. The second-order valence-electron chi connectivity index (χ2n) is 7.25. The van der Waals surface area contributed by atoms with E-state index in [1.54, 1.807) is 16.8 Å². The van der Waals surface area contributed by atoms with Crippen LogP contribution in [0.3, 0.4) is 0 Å². The van der Waals surface area contributed by atoms with E-state index in [0.29, 0.717) is 12.2 Å². The van der Waals surface area contributed by atoms with Crippen molar-refractivity contribution in [1.82, 2.24) is 24.8 Å². The van der Waals surface area contributed by atoms with Gasteiger partial charge in [-0.1, -0.05) is 65.9 Å². The zero-order chi connectivity index (χ0) is 19.9. The number of carbonyl (C=O) groups is 1. The summed E-state index contributed by atoms with van der Waals surface area (Å²) in [6.07, 6.45) is 5.20. The number of amides is 1. The van der Waals surface area contributed by atoms with Crippen molar-refractivity contribution in [3.05, 3.63) is 89.8 Å². The monoisotopic (exact) mass is 387 g/mol. The molecule has 0 aliphatic carbocycles. The first-order valence-electron chi connectivity index (χ1n) is 9.93. The Morgan fingerprint density at radius 2 is 1.48 bits per heavy atom. The van der Waals surface area contributed by atoms with Crippen LogP contribution in [0, 0.1) is 0 Å². The molecule has 6 heteroatoms. The molecule has 0 spiro atoms. The number of rotatable bonds is 6. The lowest BCUT2D eigenvalue weighted by Gasteiger charge is -2.34. The number of aromatic nitrogens is 3. The molecule has 29 heavy (non-hydrogen) atoms. The number of piperazine rings is 1. The zero-order valence-corrected chi connectivity index (χ0v) is 16.4. The van der Waals surface area contributed by atoms with Gasteiger partial charge in [-0.2, -0.15) is 0 Å². The standard InChI is InChI=1S/C23H25N5O/c29-23(27-15-13-26(14-16-27)17-20-7-3-1-4-8-20)12-11-22-19-28(25-24-22)18-21-9-5-2-6-10-21/h1-12,19H,13-18H2/b12-11+. The maximum atomic E-state index is 12.5. The smallest absolute Gasteiger partial charge is 0.246 e. The summed E-state index contributed by atoms with van der Waals surface area (Å²) >= 11 is 0. The van der Waals surface area contributed by atoms with E-state index >= 15 is 0 Å². The molecule has 0 unspecified atom stereocenters. The fourth-order valence-electron chi connectivity index (χ4n) is 3.47. The highest BCUT2D eigenvalue weighted by molar-refractivity contribution is 5.91. The van der Waals surface area contributed by atoms with E-state index in [9.17, 15) is 4.79 Å². The van der Waals surface area contributed by atoms with Crippen molar-refractivity contribution in [3.63, 3.8) is 0 Å². The van der Waals surface area contributed by atoms with Gasteiger partial charge < -0.3 is 4.90 Å². The second-order valence-corrected chi connectivity index (χ2v) is 7.25. The van der Waals surface area contributed by atoms with E-state index in [-0.39, 0.29) is 5.91 Å². The zero-order valence-electron chi connectivity index (χ0n) is 16.4. The summed E-state index contributed by atoms with van der Waals surface area (Å²) in [7, 11) is 0. The van der Waals surface area contributed by atoms with Gasteiger partial charge in [0, 0.05) is 38.8 Å². The molecule has 1 aromatic heterocycles. The Kier molecular flexibility index (Phi) is 6.12. The van der Waals surface area contributed by atoms with Crippen LogP contribution >= 0.6 is 0 Å². The molecule has 3 aromatic rings. The fraction of sp³-hybridized carbons (Fsp3) is 0.261. The van der Waals surface area contributed by atoms with E-state index in [1.807, 2.05) is 35.4 Å². The molecule has 0 atom stereocenters. The molecule has 1 saturated heterocycles. The van der Waals surface area contributed by atoms with E-state index in [0.717, 1.165) is 38.3 Å². The Balaban J connectivity index is 1.26. The van der Waals surface area contributed by atoms with Gasteiger partial charge in [0.05, 0.1) is 12.7 Å². The maximum Gasteiger partial charge on any atom is 0.246 e. The van der Waals surface area contributed by atoms with Gasteiger partial charge in [-0.25, -0.2) is 4.68 Å². The predicted molar refractivity (Wildman–Crippen MR) is 113 cm³/mol. The minimum Gasteiger partial charge on any atom is -0.337 e. The van der Waals surface area contributed by atoms with Crippen LogP contribution in [0.25, 0.3) is 6.08 Å². The topological polar surface area (TPSA) is 54.3 Å². The highest BCUT2D eigenvalue weighted by Gasteiger charge is 2.19. The lowest BCUT2D eigenvalue weighted by Crippen LogP contribution is -2.47. The molecule has 1 aliphatic heterocycles. The number of hydrogen-bond acceptors (Lipinski definition) is 4. The predicted octanol–water partition coefficient (Wildman–Crippen LogP) is 2.68. The fourth-order valence-corrected chi connectivity index (χ4v) is 3.47. The van der Waals surface area contributed by atoms with E-state index in [2.05, 4.69) is 51.6 Å². The van der Waals surface area contributed by atoms with Gasteiger partial charge in [0.25, 0.3) is 0 Å². The molecular formula is C23H25N5O. The third-order valence-electron chi connectivity index (χ3n) is 5.07. The van der Waals surface area contributed by atoms with E-state index < -0.39 is 0 Å². The molecule has 148 valence electrons. The van der Waals surface area contributed by atoms with Crippen LogP contribution in [0.1, 0.15) is 16.8 Å². The molecule has 2 heterocycles. The molecule has 1 fully saturated rings. The van der Waals surface area contributed by atoms with Crippen molar-refractivity contribution in [2.75, 3.05) is 26.2 Å². The first-order valence-corrected chi connectivity index (χ1v) is 9.93. The van der Waals surface area contributed by atoms with Crippen LogP contribution in [0.2, 0.25) is 0 Å². The van der Waals surface area contributed by atoms with Gasteiger partial charge in [-0.15, -0.1) is 5.10 Å². The summed E-state index contributed by atoms with van der Waals surface area (Å²) < 4.78 is 1.78. The number of benzene rings is 2. The van der Waals surface area contributed by atoms with Crippen LogP contribution in [0.5, 0.6) is 0 Å². The van der Waals surface area contributed by atoms with Gasteiger partial charge in [-0.05, 0) is 17.2 Å².